The van der Waals surface area contributed by atoms with Crippen molar-refractivity contribution in [3.8, 4) is 17.2 Å². The van der Waals surface area contributed by atoms with E-state index < -0.39 is 34.7 Å². The number of benzene rings is 2. The van der Waals surface area contributed by atoms with Gasteiger partial charge in [0.1, 0.15) is 23.7 Å². The molecule has 0 atom stereocenters. The molecule has 0 saturated carbocycles. The second kappa shape index (κ2) is 8.26. The third kappa shape index (κ3) is 4.60. The molecule has 1 aromatic heterocycles. The maximum absolute atomic E-state index is 13.5. The highest BCUT2D eigenvalue weighted by Gasteiger charge is 2.40. The molecular weight excluding hydrogens is 461 g/mol. The third-order valence-electron chi connectivity index (χ3n) is 3.62. The van der Waals surface area contributed by atoms with E-state index in [1.165, 1.54) is 31.4 Å². The molecule has 152 valence electrons. The Hall–Kier alpha value is -2.85. The van der Waals surface area contributed by atoms with E-state index in [1.54, 1.807) is 12.1 Å². The second-order valence-electron chi connectivity index (χ2n) is 5.68. The summed E-state index contributed by atoms with van der Waals surface area (Å²) in [5, 5.41) is -0.174. The fourth-order valence-corrected chi connectivity index (χ4v) is 2.78. The molecule has 0 aliphatic rings. The van der Waals surface area contributed by atoms with Crippen LogP contribution in [0.2, 0.25) is 0 Å². The van der Waals surface area contributed by atoms with Crippen LogP contribution < -0.4 is 14.9 Å². The number of methoxy groups -OCH3 is 1. The average molecular weight is 473 g/mol. The Labute approximate surface area is 169 Å². The van der Waals surface area contributed by atoms with Gasteiger partial charge in [-0.1, -0.05) is 12.1 Å². The SMILES string of the molecule is COCC(=O)Oc1ccc2c(=O)c(Oc3ccccc3Br)c(C(F)(F)F)oc2c1. The molecule has 2 aromatic carbocycles. The summed E-state index contributed by atoms with van der Waals surface area (Å²) in [6.45, 7) is -0.353. The van der Waals surface area contributed by atoms with Crippen LogP contribution in [0.3, 0.4) is 0 Å². The number of ether oxygens (including phenoxy) is 3. The summed E-state index contributed by atoms with van der Waals surface area (Å²) in [5.74, 6) is -3.46. The summed E-state index contributed by atoms with van der Waals surface area (Å²) in [4.78, 5) is 24.2. The Morgan fingerprint density at radius 1 is 1.17 bits per heavy atom. The van der Waals surface area contributed by atoms with Gasteiger partial charge in [0.2, 0.25) is 11.2 Å². The normalized spacial score (nSPS) is 11.5. The summed E-state index contributed by atoms with van der Waals surface area (Å²) < 4.78 is 60.7. The largest absolute Gasteiger partial charge is 0.453 e. The molecule has 29 heavy (non-hydrogen) atoms. The van der Waals surface area contributed by atoms with Crippen LogP contribution >= 0.6 is 15.9 Å². The molecule has 0 N–H and O–H groups in total. The Kier molecular flexibility index (Phi) is 5.94. The molecule has 0 spiro atoms. The lowest BCUT2D eigenvalue weighted by molar-refractivity contribution is -0.154. The predicted octanol–water partition coefficient (Wildman–Crippen LogP) is 4.92. The van der Waals surface area contributed by atoms with Crippen LogP contribution in [-0.2, 0) is 15.7 Å². The van der Waals surface area contributed by atoms with E-state index in [9.17, 15) is 22.8 Å². The van der Waals surface area contributed by atoms with Crippen molar-refractivity contribution < 1.29 is 36.6 Å². The highest BCUT2D eigenvalue weighted by Crippen LogP contribution is 2.39. The number of carbonyl (C=O) groups is 1. The number of alkyl halides is 3. The first-order chi connectivity index (χ1) is 13.7. The summed E-state index contributed by atoms with van der Waals surface area (Å²) in [5.41, 5.74) is -1.44. The lowest BCUT2D eigenvalue weighted by atomic mass is 10.2. The molecule has 0 unspecified atom stereocenters. The first kappa shape index (κ1) is 20.9. The van der Waals surface area contributed by atoms with E-state index in [-0.39, 0.29) is 23.5 Å². The highest BCUT2D eigenvalue weighted by molar-refractivity contribution is 9.10. The molecular formula is C19H12BrF3O6. The lowest BCUT2D eigenvalue weighted by Gasteiger charge is -2.14. The zero-order valence-electron chi connectivity index (χ0n) is 14.7. The van der Waals surface area contributed by atoms with Gasteiger partial charge in [0.15, 0.2) is 0 Å². The van der Waals surface area contributed by atoms with Crippen LogP contribution in [0.15, 0.2) is 56.1 Å². The van der Waals surface area contributed by atoms with E-state index in [0.717, 1.165) is 6.07 Å². The molecule has 10 heteroatoms. The standard InChI is InChI=1S/C19H12BrF3O6/c1-26-9-15(24)27-10-6-7-11-14(8-10)29-18(19(21,22)23)17(16(11)25)28-13-5-3-2-4-12(13)20/h2-8H,9H2,1H3. The van der Waals surface area contributed by atoms with Crippen molar-refractivity contribution in [1.82, 2.24) is 0 Å². The van der Waals surface area contributed by atoms with Crippen molar-refractivity contribution in [3.05, 3.63) is 62.9 Å². The first-order valence-corrected chi connectivity index (χ1v) is 8.80. The van der Waals surface area contributed by atoms with Gasteiger partial charge in [-0.05, 0) is 40.2 Å². The molecule has 6 nitrogen and oxygen atoms in total. The van der Waals surface area contributed by atoms with E-state index in [2.05, 4.69) is 20.7 Å². The van der Waals surface area contributed by atoms with Crippen LogP contribution in [-0.4, -0.2) is 19.7 Å². The average Bonchev–Trinajstić information content (AvgIpc) is 2.64. The molecule has 0 saturated heterocycles. The number of carbonyl (C=O) groups excluding carboxylic acids is 1. The van der Waals surface area contributed by atoms with Gasteiger partial charge in [-0.3, -0.25) is 4.79 Å². The molecule has 0 bridgehead atoms. The van der Waals surface area contributed by atoms with Gasteiger partial charge in [-0.15, -0.1) is 0 Å². The van der Waals surface area contributed by atoms with Gasteiger partial charge < -0.3 is 18.6 Å². The summed E-state index contributed by atoms with van der Waals surface area (Å²) >= 11 is 3.15. The lowest BCUT2D eigenvalue weighted by Crippen LogP contribution is -2.16. The van der Waals surface area contributed by atoms with Crippen molar-refractivity contribution in [2.75, 3.05) is 13.7 Å². The number of rotatable bonds is 5. The highest BCUT2D eigenvalue weighted by atomic mass is 79.9. The van der Waals surface area contributed by atoms with Crippen molar-refractivity contribution in [2.45, 2.75) is 6.18 Å². The number of hydrogen-bond acceptors (Lipinski definition) is 6. The van der Waals surface area contributed by atoms with Crippen molar-refractivity contribution in [1.29, 1.82) is 0 Å². The Bertz CT molecular complexity index is 1120. The Morgan fingerprint density at radius 2 is 1.90 bits per heavy atom. The minimum atomic E-state index is -5.01. The van der Waals surface area contributed by atoms with Crippen LogP contribution in [0.4, 0.5) is 13.2 Å². The van der Waals surface area contributed by atoms with Crippen molar-refractivity contribution in [2.24, 2.45) is 0 Å². The van der Waals surface area contributed by atoms with Crippen LogP contribution in [0.1, 0.15) is 5.76 Å². The molecule has 0 aliphatic heterocycles. The molecule has 0 fully saturated rings. The zero-order valence-corrected chi connectivity index (χ0v) is 16.3. The minimum absolute atomic E-state index is 0.00904. The van der Waals surface area contributed by atoms with Gasteiger partial charge in [0.05, 0.1) is 9.86 Å². The fraction of sp³-hybridized carbons (Fsp3) is 0.158. The van der Waals surface area contributed by atoms with Crippen molar-refractivity contribution in [3.63, 3.8) is 0 Å². The summed E-state index contributed by atoms with van der Waals surface area (Å²) in [6.07, 6.45) is -5.01. The molecule has 3 aromatic rings. The number of esters is 1. The fourth-order valence-electron chi connectivity index (χ4n) is 2.42. The zero-order chi connectivity index (χ0) is 21.2. The maximum Gasteiger partial charge on any atom is 0.453 e. The molecule has 0 amide bonds. The third-order valence-corrected chi connectivity index (χ3v) is 4.28. The Morgan fingerprint density at radius 3 is 2.55 bits per heavy atom. The van der Waals surface area contributed by atoms with Gasteiger partial charge in [-0.2, -0.15) is 13.2 Å². The summed E-state index contributed by atoms with van der Waals surface area (Å²) in [6, 6.07) is 9.57. The van der Waals surface area contributed by atoms with Gasteiger partial charge in [-0.25, -0.2) is 4.79 Å². The van der Waals surface area contributed by atoms with E-state index in [1.807, 2.05) is 0 Å². The van der Waals surface area contributed by atoms with Crippen LogP contribution in [0.25, 0.3) is 11.0 Å². The van der Waals surface area contributed by atoms with Crippen LogP contribution in [0.5, 0.6) is 17.2 Å². The van der Waals surface area contributed by atoms with Gasteiger partial charge in [0.25, 0.3) is 5.76 Å². The van der Waals surface area contributed by atoms with E-state index in [0.29, 0.717) is 4.47 Å². The molecule has 0 aliphatic carbocycles. The van der Waals surface area contributed by atoms with Gasteiger partial charge >= 0.3 is 12.1 Å². The van der Waals surface area contributed by atoms with Gasteiger partial charge in [0, 0.05) is 13.2 Å². The number of hydrogen-bond donors (Lipinski definition) is 0. The number of halogens is 4. The minimum Gasteiger partial charge on any atom is -0.448 e. The van der Waals surface area contributed by atoms with E-state index >= 15 is 0 Å². The topological polar surface area (TPSA) is 75.0 Å². The molecule has 3 rings (SSSR count). The predicted molar refractivity (Wildman–Crippen MR) is 99.2 cm³/mol. The van der Waals surface area contributed by atoms with E-state index in [4.69, 9.17) is 13.9 Å². The smallest absolute Gasteiger partial charge is 0.448 e. The quantitative estimate of drug-likeness (QED) is 0.387. The monoisotopic (exact) mass is 472 g/mol. The number of fused-ring (bicyclic) bond motifs is 1. The Balaban J connectivity index is 2.14. The molecule has 0 radical (unpaired) electrons. The van der Waals surface area contributed by atoms with Crippen molar-refractivity contribution >= 4 is 32.9 Å². The first-order valence-electron chi connectivity index (χ1n) is 8.00. The van der Waals surface area contributed by atoms with Crippen LogP contribution in [0, 0.1) is 0 Å². The second-order valence-corrected chi connectivity index (χ2v) is 6.54. The maximum atomic E-state index is 13.5. The summed E-state index contributed by atoms with van der Waals surface area (Å²) in [7, 11) is 1.28. The molecule has 1 heterocycles. The number of para-hydroxylation sites is 1.